The predicted molar refractivity (Wildman–Crippen MR) is 68.7 cm³/mol. The van der Waals surface area contributed by atoms with Crippen LogP contribution in [0.15, 0.2) is 11.2 Å². The number of nitrogens with one attached hydrogen (secondary N) is 1. The lowest BCUT2D eigenvalue weighted by molar-refractivity contribution is 0.219. The number of sulfonamides is 1. The smallest absolute Gasteiger partial charge is 0.260 e. The fourth-order valence-electron chi connectivity index (χ4n) is 1.95. The second-order valence-electron chi connectivity index (χ2n) is 4.14. The first-order valence-corrected chi connectivity index (χ1v) is 7.55. The van der Waals surface area contributed by atoms with Gasteiger partial charge in [0.25, 0.3) is 10.0 Å². The Bertz CT molecular complexity index is 466. The highest BCUT2D eigenvalue weighted by molar-refractivity contribution is 7.89. The average Bonchev–Trinajstić information content (AvgIpc) is 2.77. The molecular weight excluding hydrogens is 254 g/mol. The number of hydrogen-bond donors (Lipinski definition) is 2. The number of aromatic nitrogens is 2. The summed E-state index contributed by atoms with van der Waals surface area (Å²) in [5, 5.41) is 9.14. The van der Waals surface area contributed by atoms with Gasteiger partial charge < -0.3 is 10.1 Å². The van der Waals surface area contributed by atoms with Crippen LogP contribution in [0.3, 0.4) is 0 Å². The summed E-state index contributed by atoms with van der Waals surface area (Å²) in [5.74, 6) is 0.557. The van der Waals surface area contributed by atoms with Crippen molar-refractivity contribution >= 4 is 10.0 Å². The van der Waals surface area contributed by atoms with E-state index in [0.717, 1.165) is 0 Å². The Morgan fingerprint density at radius 1 is 1.44 bits per heavy atom. The van der Waals surface area contributed by atoms with Gasteiger partial charge >= 0.3 is 0 Å². The van der Waals surface area contributed by atoms with Crippen molar-refractivity contribution in [3.05, 3.63) is 12.0 Å². The highest BCUT2D eigenvalue weighted by atomic mass is 32.2. The standard InChI is InChI=1S/C11H21N3O3S/c1-4-10(5-2)14(6-7-15)18(16,17)11-8-12-9(3)13-11/h8,10,15H,4-7H2,1-3H3,(H,12,13). The van der Waals surface area contributed by atoms with Gasteiger partial charge in [0, 0.05) is 12.6 Å². The lowest BCUT2D eigenvalue weighted by Crippen LogP contribution is -2.41. The van der Waals surface area contributed by atoms with E-state index in [9.17, 15) is 8.42 Å². The molecule has 0 fully saturated rings. The van der Waals surface area contributed by atoms with Gasteiger partial charge in [0.2, 0.25) is 0 Å². The number of H-pyrrole nitrogens is 1. The van der Waals surface area contributed by atoms with Crippen LogP contribution in [-0.2, 0) is 10.0 Å². The fourth-order valence-corrected chi connectivity index (χ4v) is 3.68. The van der Waals surface area contributed by atoms with Gasteiger partial charge in [-0.05, 0) is 19.8 Å². The van der Waals surface area contributed by atoms with Crippen LogP contribution in [0.5, 0.6) is 0 Å². The van der Waals surface area contributed by atoms with Crippen LogP contribution < -0.4 is 0 Å². The van der Waals surface area contributed by atoms with Crippen molar-refractivity contribution in [2.75, 3.05) is 13.2 Å². The molecule has 6 nitrogen and oxygen atoms in total. The van der Waals surface area contributed by atoms with Gasteiger partial charge in [-0.2, -0.15) is 4.31 Å². The molecule has 0 atom stereocenters. The first-order valence-electron chi connectivity index (χ1n) is 6.11. The number of hydrogen-bond acceptors (Lipinski definition) is 4. The Kier molecular flexibility index (Phi) is 5.30. The van der Waals surface area contributed by atoms with E-state index in [0.29, 0.717) is 18.7 Å². The van der Waals surface area contributed by atoms with Crippen molar-refractivity contribution in [3.63, 3.8) is 0 Å². The highest BCUT2D eigenvalue weighted by Gasteiger charge is 2.30. The van der Waals surface area contributed by atoms with Crippen molar-refractivity contribution in [2.24, 2.45) is 0 Å². The number of imidazole rings is 1. The maximum atomic E-state index is 12.4. The first kappa shape index (κ1) is 15.1. The summed E-state index contributed by atoms with van der Waals surface area (Å²) in [6.45, 7) is 5.49. The van der Waals surface area contributed by atoms with Crippen molar-refractivity contribution < 1.29 is 13.5 Å². The van der Waals surface area contributed by atoms with E-state index in [-0.39, 0.29) is 24.2 Å². The lowest BCUT2D eigenvalue weighted by Gasteiger charge is -2.28. The van der Waals surface area contributed by atoms with E-state index in [1.54, 1.807) is 6.92 Å². The maximum Gasteiger partial charge on any atom is 0.260 e. The Hall–Kier alpha value is -0.920. The SMILES string of the molecule is CCC(CC)N(CCO)S(=O)(=O)c1cnc(C)[nH]1. The van der Waals surface area contributed by atoms with Gasteiger partial charge in [-0.1, -0.05) is 13.8 Å². The number of aliphatic hydroxyl groups is 1. The molecule has 1 aromatic heterocycles. The van der Waals surface area contributed by atoms with Gasteiger partial charge in [-0.15, -0.1) is 0 Å². The molecule has 1 heterocycles. The van der Waals surface area contributed by atoms with E-state index < -0.39 is 10.0 Å². The summed E-state index contributed by atoms with van der Waals surface area (Å²) in [6, 6.07) is -0.106. The maximum absolute atomic E-state index is 12.4. The third-order valence-corrected chi connectivity index (χ3v) is 4.80. The Balaban J connectivity index is 3.11. The molecule has 0 aliphatic carbocycles. The Morgan fingerprint density at radius 2 is 2.06 bits per heavy atom. The summed E-state index contributed by atoms with van der Waals surface area (Å²) < 4.78 is 26.2. The minimum Gasteiger partial charge on any atom is -0.395 e. The molecule has 1 aromatic rings. The van der Waals surface area contributed by atoms with Gasteiger partial charge in [-0.25, -0.2) is 13.4 Å². The van der Waals surface area contributed by atoms with Crippen LogP contribution in [0.2, 0.25) is 0 Å². The molecule has 0 unspecified atom stereocenters. The summed E-state index contributed by atoms with van der Waals surface area (Å²) >= 11 is 0. The minimum atomic E-state index is -3.61. The molecule has 0 saturated carbocycles. The van der Waals surface area contributed by atoms with E-state index in [1.807, 2.05) is 13.8 Å². The molecule has 1 rings (SSSR count). The first-order chi connectivity index (χ1) is 8.47. The van der Waals surface area contributed by atoms with Gasteiger partial charge in [0.05, 0.1) is 12.8 Å². The molecular formula is C11H21N3O3S. The summed E-state index contributed by atoms with van der Waals surface area (Å²) in [6.07, 6.45) is 2.74. The Morgan fingerprint density at radius 3 is 2.44 bits per heavy atom. The van der Waals surface area contributed by atoms with Gasteiger partial charge in [-0.3, -0.25) is 0 Å². The van der Waals surface area contributed by atoms with Gasteiger partial charge in [0.15, 0.2) is 5.03 Å². The summed E-state index contributed by atoms with van der Waals surface area (Å²) in [7, 11) is -3.61. The molecule has 0 aliphatic rings. The molecule has 18 heavy (non-hydrogen) atoms. The zero-order valence-corrected chi connectivity index (χ0v) is 11.9. The zero-order chi connectivity index (χ0) is 13.8. The number of aromatic amines is 1. The third kappa shape index (κ3) is 3.09. The molecule has 0 radical (unpaired) electrons. The van der Waals surface area contributed by atoms with Gasteiger partial charge in [0.1, 0.15) is 5.82 Å². The topological polar surface area (TPSA) is 86.3 Å². The second kappa shape index (κ2) is 6.31. The predicted octanol–water partition coefficient (Wildman–Crippen LogP) is 0.890. The van der Waals surface area contributed by atoms with E-state index >= 15 is 0 Å². The summed E-state index contributed by atoms with van der Waals surface area (Å²) in [5.41, 5.74) is 0. The molecule has 0 bridgehead atoms. The van der Waals surface area contributed by atoms with Crippen LogP contribution in [0.1, 0.15) is 32.5 Å². The van der Waals surface area contributed by atoms with Crippen LogP contribution in [0.4, 0.5) is 0 Å². The monoisotopic (exact) mass is 275 g/mol. The third-order valence-electron chi connectivity index (χ3n) is 2.94. The van der Waals surface area contributed by atoms with E-state index in [4.69, 9.17) is 5.11 Å². The average molecular weight is 275 g/mol. The highest BCUT2D eigenvalue weighted by Crippen LogP contribution is 2.19. The molecule has 0 aromatic carbocycles. The van der Waals surface area contributed by atoms with Crippen LogP contribution in [-0.4, -0.2) is 47.0 Å². The molecule has 2 N–H and O–H groups in total. The molecule has 0 spiro atoms. The van der Waals surface area contributed by atoms with Crippen LogP contribution in [0, 0.1) is 6.92 Å². The quantitative estimate of drug-likeness (QED) is 0.773. The minimum absolute atomic E-state index is 0.0837. The van der Waals surface area contributed by atoms with Crippen molar-refractivity contribution in [2.45, 2.75) is 44.7 Å². The Labute approximate surface area is 108 Å². The van der Waals surface area contributed by atoms with E-state index in [1.165, 1.54) is 10.5 Å². The number of rotatable bonds is 7. The van der Waals surface area contributed by atoms with Crippen LogP contribution >= 0.6 is 0 Å². The largest absolute Gasteiger partial charge is 0.395 e. The second-order valence-corrected chi connectivity index (χ2v) is 6.00. The molecule has 0 saturated heterocycles. The molecule has 0 aliphatic heterocycles. The number of aryl methyl sites for hydroxylation is 1. The lowest BCUT2D eigenvalue weighted by atomic mass is 10.2. The zero-order valence-electron chi connectivity index (χ0n) is 11.0. The van der Waals surface area contributed by atoms with Crippen molar-refractivity contribution in [3.8, 4) is 0 Å². The molecule has 104 valence electrons. The fraction of sp³-hybridized carbons (Fsp3) is 0.727. The van der Waals surface area contributed by atoms with Crippen molar-refractivity contribution in [1.29, 1.82) is 0 Å². The molecule has 0 amide bonds. The van der Waals surface area contributed by atoms with Crippen molar-refractivity contribution in [1.82, 2.24) is 14.3 Å². The number of nitrogens with zero attached hydrogens (tertiary/aromatic N) is 2. The normalized spacial score (nSPS) is 12.6. The molecule has 7 heteroatoms. The summed E-state index contributed by atoms with van der Waals surface area (Å²) in [4.78, 5) is 6.65. The van der Waals surface area contributed by atoms with E-state index in [2.05, 4.69) is 9.97 Å². The van der Waals surface area contributed by atoms with Crippen LogP contribution in [0.25, 0.3) is 0 Å². The number of aliphatic hydroxyl groups excluding tert-OH is 1.